The normalized spacial score (nSPS) is 16.1. The van der Waals surface area contributed by atoms with Gasteiger partial charge in [0.25, 0.3) is 5.91 Å². The Hall–Kier alpha value is -2.18. The van der Waals surface area contributed by atoms with Crippen molar-refractivity contribution in [2.24, 2.45) is 5.92 Å². The van der Waals surface area contributed by atoms with E-state index >= 15 is 0 Å². The van der Waals surface area contributed by atoms with Gasteiger partial charge in [-0.1, -0.05) is 37.3 Å². The first-order valence-electron chi connectivity index (χ1n) is 10.3. The highest BCUT2D eigenvalue weighted by molar-refractivity contribution is 7.12. The van der Waals surface area contributed by atoms with Crippen LogP contribution < -0.4 is 5.32 Å². The van der Waals surface area contributed by atoms with Crippen molar-refractivity contribution in [1.29, 1.82) is 0 Å². The monoisotopic (exact) mass is 413 g/mol. The molecule has 5 nitrogen and oxygen atoms in total. The number of likely N-dealkylation sites (tertiary alicyclic amines) is 1. The molecule has 29 heavy (non-hydrogen) atoms. The second-order valence-corrected chi connectivity index (χ2v) is 8.81. The zero-order valence-electron chi connectivity index (χ0n) is 17.6. The zero-order chi connectivity index (χ0) is 20.8. The number of hydrogen-bond acceptors (Lipinski definition) is 4. The lowest BCUT2D eigenvalue weighted by atomic mass is 9.95. The summed E-state index contributed by atoms with van der Waals surface area (Å²) in [4.78, 5) is 30.0. The van der Waals surface area contributed by atoms with Gasteiger partial charge in [-0.2, -0.15) is 0 Å². The molecule has 6 heteroatoms. The van der Waals surface area contributed by atoms with Gasteiger partial charge in [-0.3, -0.25) is 9.59 Å². The Morgan fingerprint density at radius 3 is 2.41 bits per heavy atom. The van der Waals surface area contributed by atoms with Crippen molar-refractivity contribution >= 4 is 23.2 Å². The molecule has 2 amide bonds. The van der Waals surface area contributed by atoms with Crippen LogP contribution in [0.5, 0.6) is 0 Å². The Labute approximate surface area is 177 Å². The van der Waals surface area contributed by atoms with Crippen molar-refractivity contribution in [2.45, 2.75) is 32.2 Å². The molecule has 1 aromatic carbocycles. The van der Waals surface area contributed by atoms with Crippen LogP contribution in [0.25, 0.3) is 0 Å². The molecule has 0 radical (unpaired) electrons. The lowest BCUT2D eigenvalue weighted by molar-refractivity contribution is -0.126. The van der Waals surface area contributed by atoms with E-state index in [9.17, 15) is 9.59 Å². The van der Waals surface area contributed by atoms with Crippen LogP contribution in [0.3, 0.4) is 0 Å². The minimum atomic E-state index is -0.0207. The van der Waals surface area contributed by atoms with Crippen LogP contribution >= 0.6 is 11.3 Å². The van der Waals surface area contributed by atoms with E-state index in [1.807, 2.05) is 36.5 Å². The maximum atomic E-state index is 12.7. The summed E-state index contributed by atoms with van der Waals surface area (Å²) in [5.74, 6) is 0.167. The molecule has 1 aliphatic rings. The van der Waals surface area contributed by atoms with Gasteiger partial charge in [0.05, 0.1) is 10.9 Å². The Bertz CT molecular complexity index is 794. The Kier molecular flexibility index (Phi) is 7.45. The number of nitrogens with one attached hydrogen (secondary N) is 1. The minimum absolute atomic E-state index is 0.0207. The van der Waals surface area contributed by atoms with E-state index in [-0.39, 0.29) is 23.8 Å². The first kappa shape index (κ1) is 21.5. The average Bonchev–Trinajstić information content (AvgIpc) is 3.28. The fraction of sp³-hybridized carbons (Fsp3) is 0.478. The summed E-state index contributed by atoms with van der Waals surface area (Å²) in [5.41, 5.74) is 2.53. The standard InChI is InChI=1S/C23H31N3O2S/c1-4-17-7-9-18(10-8-17)20(25(2)3)16-24-22(27)19-11-13-26(14-12-19)23(28)21-6-5-15-29-21/h5-10,15,19-20H,4,11-14,16H2,1-3H3,(H,24,27). The molecule has 1 aromatic heterocycles. The largest absolute Gasteiger partial charge is 0.354 e. The highest BCUT2D eigenvalue weighted by atomic mass is 32.1. The molecule has 1 aliphatic heterocycles. The molecule has 1 fully saturated rings. The van der Waals surface area contributed by atoms with E-state index in [0.717, 1.165) is 24.1 Å². The summed E-state index contributed by atoms with van der Waals surface area (Å²) in [5, 5.41) is 5.07. The quantitative estimate of drug-likeness (QED) is 0.755. The van der Waals surface area contributed by atoms with Gasteiger partial charge in [0.15, 0.2) is 0 Å². The second kappa shape index (κ2) is 10.0. The fourth-order valence-corrected chi connectivity index (χ4v) is 4.51. The van der Waals surface area contributed by atoms with Crippen LogP contribution in [0.4, 0.5) is 0 Å². The van der Waals surface area contributed by atoms with Crippen molar-refractivity contribution in [3.05, 3.63) is 57.8 Å². The van der Waals surface area contributed by atoms with E-state index in [1.54, 1.807) is 0 Å². The highest BCUT2D eigenvalue weighted by Crippen LogP contribution is 2.22. The van der Waals surface area contributed by atoms with Gasteiger partial charge in [0.1, 0.15) is 0 Å². The van der Waals surface area contributed by atoms with Crippen molar-refractivity contribution in [2.75, 3.05) is 33.7 Å². The summed E-state index contributed by atoms with van der Waals surface area (Å²) in [6.07, 6.45) is 2.47. The summed E-state index contributed by atoms with van der Waals surface area (Å²) in [6, 6.07) is 12.5. The number of thiophene rings is 1. The van der Waals surface area contributed by atoms with Gasteiger partial charge >= 0.3 is 0 Å². The third-order valence-electron chi connectivity index (χ3n) is 5.75. The average molecular weight is 414 g/mol. The van der Waals surface area contributed by atoms with E-state index < -0.39 is 0 Å². The van der Waals surface area contributed by atoms with Crippen molar-refractivity contribution in [1.82, 2.24) is 15.1 Å². The number of hydrogen-bond donors (Lipinski definition) is 1. The van der Waals surface area contributed by atoms with Crippen LogP contribution in [-0.4, -0.2) is 55.3 Å². The summed E-state index contributed by atoms with van der Waals surface area (Å²) >= 11 is 1.47. The van der Waals surface area contributed by atoms with E-state index in [2.05, 4.69) is 41.4 Å². The number of aryl methyl sites for hydroxylation is 1. The number of piperidine rings is 1. The van der Waals surface area contributed by atoms with E-state index in [4.69, 9.17) is 0 Å². The molecule has 1 saturated heterocycles. The molecule has 1 N–H and O–H groups in total. The first-order valence-corrected chi connectivity index (χ1v) is 11.2. The van der Waals surface area contributed by atoms with Gasteiger partial charge in [0, 0.05) is 25.6 Å². The van der Waals surface area contributed by atoms with Crippen LogP contribution in [0.15, 0.2) is 41.8 Å². The Balaban J connectivity index is 1.51. The van der Waals surface area contributed by atoms with Crippen molar-refractivity contribution < 1.29 is 9.59 Å². The summed E-state index contributed by atoms with van der Waals surface area (Å²) in [6.45, 7) is 4.03. The maximum Gasteiger partial charge on any atom is 0.263 e. The van der Waals surface area contributed by atoms with Crippen molar-refractivity contribution in [3.8, 4) is 0 Å². The number of carbonyl (C=O) groups excluding carboxylic acids is 2. The fourth-order valence-electron chi connectivity index (χ4n) is 3.82. The molecular weight excluding hydrogens is 382 g/mol. The van der Waals surface area contributed by atoms with Crippen LogP contribution in [0.1, 0.15) is 46.6 Å². The zero-order valence-corrected chi connectivity index (χ0v) is 18.4. The van der Waals surface area contributed by atoms with Crippen LogP contribution in [-0.2, 0) is 11.2 Å². The Morgan fingerprint density at radius 1 is 1.17 bits per heavy atom. The number of rotatable bonds is 7. The number of nitrogens with zero attached hydrogens (tertiary/aromatic N) is 2. The number of likely N-dealkylation sites (N-methyl/N-ethyl adjacent to an activating group) is 1. The summed E-state index contributed by atoms with van der Waals surface area (Å²) in [7, 11) is 4.08. The lowest BCUT2D eigenvalue weighted by Gasteiger charge is -2.32. The molecule has 0 aliphatic carbocycles. The molecule has 1 atom stereocenters. The molecule has 0 spiro atoms. The molecular formula is C23H31N3O2S. The number of amides is 2. The van der Waals surface area contributed by atoms with Gasteiger partial charge in [0.2, 0.25) is 5.91 Å². The molecule has 2 aromatic rings. The van der Waals surface area contributed by atoms with Gasteiger partial charge in [-0.05, 0) is 55.9 Å². The molecule has 1 unspecified atom stereocenters. The van der Waals surface area contributed by atoms with Crippen LogP contribution in [0, 0.1) is 5.92 Å². The van der Waals surface area contributed by atoms with E-state index in [0.29, 0.717) is 19.6 Å². The van der Waals surface area contributed by atoms with Crippen molar-refractivity contribution in [3.63, 3.8) is 0 Å². The molecule has 3 rings (SSSR count). The first-order chi connectivity index (χ1) is 14.0. The second-order valence-electron chi connectivity index (χ2n) is 7.86. The number of carbonyl (C=O) groups is 2. The van der Waals surface area contributed by atoms with Gasteiger partial charge in [-0.25, -0.2) is 0 Å². The predicted octanol–water partition coefficient (Wildman–Crippen LogP) is 3.58. The number of benzene rings is 1. The SMILES string of the molecule is CCc1ccc(C(CNC(=O)C2CCN(C(=O)c3cccs3)CC2)N(C)C)cc1. The summed E-state index contributed by atoms with van der Waals surface area (Å²) < 4.78 is 0. The molecule has 156 valence electrons. The molecule has 2 heterocycles. The third kappa shape index (κ3) is 5.46. The topological polar surface area (TPSA) is 52.7 Å². The highest BCUT2D eigenvalue weighted by Gasteiger charge is 2.28. The Morgan fingerprint density at radius 2 is 1.86 bits per heavy atom. The van der Waals surface area contributed by atoms with E-state index in [1.165, 1.54) is 22.5 Å². The third-order valence-corrected chi connectivity index (χ3v) is 6.61. The molecule has 0 bridgehead atoms. The van der Waals surface area contributed by atoms with Crippen LogP contribution in [0.2, 0.25) is 0 Å². The lowest BCUT2D eigenvalue weighted by Crippen LogP contribution is -2.44. The minimum Gasteiger partial charge on any atom is -0.354 e. The molecule has 0 saturated carbocycles. The van der Waals surface area contributed by atoms with Gasteiger partial charge < -0.3 is 15.1 Å². The predicted molar refractivity (Wildman–Crippen MR) is 118 cm³/mol. The van der Waals surface area contributed by atoms with Gasteiger partial charge in [-0.15, -0.1) is 11.3 Å². The maximum absolute atomic E-state index is 12.7. The smallest absolute Gasteiger partial charge is 0.263 e.